The zero-order valence-corrected chi connectivity index (χ0v) is 19.1. The number of rotatable bonds is 3. The number of nitrogens with zero attached hydrogens (tertiary/aromatic N) is 3. The fourth-order valence-electron chi connectivity index (χ4n) is 3.46. The van der Waals surface area contributed by atoms with E-state index in [2.05, 4.69) is 36.3 Å². The summed E-state index contributed by atoms with van der Waals surface area (Å²) < 4.78 is 5.60. The van der Waals surface area contributed by atoms with Crippen LogP contribution in [-0.2, 0) is 30.6 Å². The van der Waals surface area contributed by atoms with Crippen LogP contribution in [0.1, 0.15) is 17.9 Å². The second kappa shape index (κ2) is 9.20. The number of piperazine rings is 1. The number of likely N-dealkylation sites (N-methyl/N-ethyl adjacent to an activating group) is 1. The molecular weight excluding hydrogens is 544 g/mol. The summed E-state index contributed by atoms with van der Waals surface area (Å²) in [5.74, 6) is 1.02. The molecule has 6 nitrogen and oxygen atoms in total. The van der Waals surface area contributed by atoms with E-state index in [9.17, 15) is 4.79 Å². The van der Waals surface area contributed by atoms with Gasteiger partial charge in [-0.05, 0) is 25.1 Å². The maximum Gasteiger partial charge on any atom is 0.191 e. The maximum absolute atomic E-state index is 10.4. The normalized spacial score (nSPS) is 16.8. The van der Waals surface area contributed by atoms with Crippen molar-refractivity contribution < 1.29 is 35.1 Å². The second-order valence-corrected chi connectivity index (χ2v) is 8.34. The van der Waals surface area contributed by atoms with Crippen LogP contribution in [0.25, 0.3) is 0 Å². The van der Waals surface area contributed by atoms with Crippen LogP contribution < -0.4 is 5.32 Å². The number of nitrogens with one attached hydrogen (secondary N) is 1. The Morgan fingerprint density at radius 2 is 2.04 bits per heavy atom. The Bertz CT molecular complexity index is 860. The van der Waals surface area contributed by atoms with Gasteiger partial charge in [0.15, 0.2) is 6.73 Å². The molecule has 2 aliphatic heterocycles. The van der Waals surface area contributed by atoms with Gasteiger partial charge in [-0.3, -0.25) is 4.48 Å². The minimum Gasteiger partial charge on any atom is -0.613 e. The standard InChI is InChI=1S/C19H22N4O2S.CH4.W/c1-14-11-15-18(22-7-9-23(2,10-8-22)12-25-13-24)20-16-5-3-4-6-17(16)21-19(15)26-14;;/h3-6,11,21H,7-10,12H2,1-2H3;1H4;. The van der Waals surface area contributed by atoms with Gasteiger partial charge in [0.2, 0.25) is 0 Å². The van der Waals surface area contributed by atoms with Crippen molar-refractivity contribution in [3.63, 3.8) is 0 Å². The molecule has 0 aliphatic carbocycles. The quantitative estimate of drug-likeness (QED) is 0.453. The molecule has 0 unspecified atom stereocenters. The van der Waals surface area contributed by atoms with Crippen LogP contribution >= 0.6 is 11.3 Å². The molecule has 1 aromatic carbocycles. The molecule has 28 heavy (non-hydrogen) atoms. The summed E-state index contributed by atoms with van der Waals surface area (Å²) in [5, 5.41) is 4.69. The third kappa shape index (κ3) is 4.48. The number of fused-ring (bicyclic) bond motifs is 2. The molecule has 0 bridgehead atoms. The van der Waals surface area contributed by atoms with E-state index in [1.807, 2.05) is 18.2 Å². The number of para-hydroxylation sites is 2. The molecular formula is C20H26N4O2SW. The minimum absolute atomic E-state index is 0. The van der Waals surface area contributed by atoms with Crippen LogP contribution in [0.4, 0.5) is 16.4 Å². The van der Waals surface area contributed by atoms with E-state index in [0.29, 0.717) is 11.2 Å². The second-order valence-electron chi connectivity index (χ2n) is 7.09. The van der Waals surface area contributed by atoms with Gasteiger partial charge >= 0.3 is 0 Å². The fourth-order valence-corrected chi connectivity index (χ4v) is 4.38. The first kappa shape index (κ1) is 22.6. The topological polar surface area (TPSA) is 53.9 Å². The number of ether oxygens (including phenoxy) is 1. The summed E-state index contributed by atoms with van der Waals surface area (Å²) in [4.78, 5) is 19.0. The van der Waals surface area contributed by atoms with Crippen molar-refractivity contribution in [3.05, 3.63) is 40.8 Å². The van der Waals surface area contributed by atoms with Crippen molar-refractivity contribution in [3.8, 4) is 0 Å². The van der Waals surface area contributed by atoms with Crippen LogP contribution in [0.15, 0.2) is 35.3 Å². The van der Waals surface area contributed by atoms with Crippen molar-refractivity contribution in [2.24, 2.45) is 4.99 Å². The van der Waals surface area contributed by atoms with E-state index >= 15 is 0 Å². The summed E-state index contributed by atoms with van der Waals surface area (Å²) in [6.45, 7) is 7.57. The molecule has 1 aromatic heterocycles. The first-order valence-electron chi connectivity index (χ1n) is 8.71. The molecule has 3 heterocycles. The van der Waals surface area contributed by atoms with E-state index < -0.39 is 0 Å². The van der Waals surface area contributed by atoms with E-state index in [1.165, 1.54) is 11.3 Å². The first-order chi connectivity index (χ1) is 12.6. The Morgan fingerprint density at radius 3 is 2.75 bits per heavy atom. The number of carbonyl (C=O) groups excluding carboxylic acids is 1. The predicted molar refractivity (Wildman–Crippen MR) is 111 cm³/mol. The van der Waals surface area contributed by atoms with Crippen LogP contribution in [0.2, 0.25) is 0 Å². The van der Waals surface area contributed by atoms with Gasteiger partial charge in [-0.25, -0.2) is 4.99 Å². The summed E-state index contributed by atoms with van der Waals surface area (Å²) in [7, 11) is 2.11. The van der Waals surface area contributed by atoms with Gasteiger partial charge in [-0.1, -0.05) is 26.0 Å². The number of amidine groups is 1. The molecule has 0 spiro atoms. The molecule has 8 heteroatoms. The van der Waals surface area contributed by atoms with Crippen LogP contribution in [0, 0.1) is 6.92 Å². The molecule has 1 fully saturated rings. The summed E-state index contributed by atoms with van der Waals surface area (Å²) >= 11 is 1.76. The van der Waals surface area contributed by atoms with Crippen LogP contribution in [0.5, 0.6) is 0 Å². The van der Waals surface area contributed by atoms with E-state index in [-0.39, 0.29) is 28.5 Å². The third-order valence-electron chi connectivity index (χ3n) is 5.03. The summed E-state index contributed by atoms with van der Waals surface area (Å²) in [6.07, 6.45) is 0. The number of hydrogen-bond donors (Lipinski definition) is 1. The van der Waals surface area contributed by atoms with Crippen molar-refractivity contribution in [1.82, 2.24) is 4.90 Å². The van der Waals surface area contributed by atoms with E-state index in [4.69, 9.17) is 9.73 Å². The average molecular weight is 570 g/mol. The molecule has 1 N–H and O–H groups in total. The molecule has 1 saturated heterocycles. The number of aryl methyl sites for hydroxylation is 1. The van der Waals surface area contributed by atoms with E-state index in [0.717, 1.165) is 54.0 Å². The molecule has 0 saturated carbocycles. The van der Waals surface area contributed by atoms with Crippen LogP contribution in [0.3, 0.4) is 0 Å². The Morgan fingerprint density at radius 1 is 1.32 bits per heavy atom. The zero-order chi connectivity index (χ0) is 18.1. The largest absolute Gasteiger partial charge is 0.613 e. The Kier molecular flexibility index (Phi) is 7.43. The molecule has 2 aliphatic rings. The maximum atomic E-state index is 10.4. The fraction of sp³-hybridized carbons (Fsp3) is 0.400. The minimum atomic E-state index is 0. The number of hydrogen-bond acceptors (Lipinski definition) is 6. The number of thiophene rings is 1. The number of aliphatic imine (C=N–C) groups is 1. The van der Waals surface area contributed by atoms with Gasteiger partial charge in [-0.2, -0.15) is 0 Å². The van der Waals surface area contributed by atoms with Crippen molar-refractivity contribution in [2.75, 3.05) is 45.3 Å². The summed E-state index contributed by atoms with van der Waals surface area (Å²) in [5.41, 5.74) is 3.17. The van der Waals surface area contributed by atoms with Gasteiger partial charge in [0.25, 0.3) is 0 Å². The van der Waals surface area contributed by atoms with Crippen molar-refractivity contribution >= 4 is 40.0 Å². The van der Waals surface area contributed by atoms with Gasteiger partial charge in [-0.15, -0.1) is 11.3 Å². The SMILES string of the molecule is C.Cc1cc2c(s1)Nc1ccccc1N=C2N1CC[N+](C)(CO[C-]=O)CC1.[W]. The number of quaternary nitrogens is 1. The van der Waals surface area contributed by atoms with Gasteiger partial charge in [0.05, 0.1) is 50.2 Å². The number of benzene rings is 1. The molecule has 0 radical (unpaired) electrons. The van der Waals surface area contributed by atoms with Gasteiger partial charge < -0.3 is 19.7 Å². The number of anilines is 2. The molecule has 4 rings (SSSR count). The van der Waals surface area contributed by atoms with E-state index in [1.54, 1.807) is 11.3 Å². The average Bonchev–Trinajstić information content (AvgIpc) is 2.93. The molecule has 2 aromatic rings. The first-order valence-corrected chi connectivity index (χ1v) is 9.53. The Balaban J connectivity index is 0.00000140. The van der Waals surface area contributed by atoms with Crippen LogP contribution in [-0.4, -0.2) is 61.6 Å². The van der Waals surface area contributed by atoms with Crippen molar-refractivity contribution in [1.29, 1.82) is 0 Å². The van der Waals surface area contributed by atoms with Gasteiger partial charge in [0, 0.05) is 25.9 Å². The molecule has 150 valence electrons. The molecule has 0 amide bonds. The summed E-state index contributed by atoms with van der Waals surface area (Å²) in [6, 6.07) is 10.4. The smallest absolute Gasteiger partial charge is 0.191 e. The Hall–Kier alpha value is -1.69. The zero-order valence-electron chi connectivity index (χ0n) is 15.4. The molecule has 0 atom stereocenters. The van der Waals surface area contributed by atoms with Gasteiger partial charge in [0.1, 0.15) is 10.8 Å². The third-order valence-corrected chi connectivity index (χ3v) is 5.99. The predicted octanol–water partition coefficient (Wildman–Crippen LogP) is 3.63. The van der Waals surface area contributed by atoms with Crippen molar-refractivity contribution in [2.45, 2.75) is 14.4 Å². The monoisotopic (exact) mass is 570 g/mol. The Labute approximate surface area is 185 Å².